The summed E-state index contributed by atoms with van der Waals surface area (Å²) in [6.07, 6.45) is -0.738. The van der Waals surface area contributed by atoms with Crippen molar-refractivity contribution in [3.05, 3.63) is 32.6 Å². The molecule has 0 amide bonds. The number of hydrogen-bond acceptors (Lipinski definition) is 1. The van der Waals surface area contributed by atoms with E-state index in [2.05, 4.69) is 22.6 Å². The number of hydrogen-bond donors (Lipinski definition) is 1. The summed E-state index contributed by atoms with van der Waals surface area (Å²) in [6, 6.07) is 3.41. The quantitative estimate of drug-likeness (QED) is 0.784. The summed E-state index contributed by atoms with van der Waals surface area (Å²) in [4.78, 5) is 0. The van der Waals surface area contributed by atoms with E-state index in [0.717, 1.165) is 3.57 Å². The van der Waals surface area contributed by atoms with Crippen LogP contribution in [0.25, 0.3) is 0 Å². The topological polar surface area (TPSA) is 20.2 Å². The summed E-state index contributed by atoms with van der Waals surface area (Å²) in [5.41, 5.74) is 0.956. The fraction of sp³-hybridized carbons (Fsp3) is 0.333. The summed E-state index contributed by atoms with van der Waals surface area (Å²) in [6.45, 7) is 3.26. The minimum absolute atomic E-state index is 0.301. The van der Waals surface area contributed by atoms with Crippen molar-refractivity contribution < 1.29 is 9.50 Å². The molecule has 0 heterocycles. The third-order valence-electron chi connectivity index (χ3n) is 1.70. The molecule has 1 rings (SSSR count). The van der Waals surface area contributed by atoms with Crippen LogP contribution in [0.5, 0.6) is 0 Å². The predicted molar refractivity (Wildman–Crippen MR) is 54.5 cm³/mol. The van der Waals surface area contributed by atoms with E-state index in [9.17, 15) is 9.50 Å². The molecule has 66 valence electrons. The van der Waals surface area contributed by atoms with Crippen LogP contribution in [-0.4, -0.2) is 5.11 Å². The van der Waals surface area contributed by atoms with Crippen molar-refractivity contribution in [2.24, 2.45) is 0 Å². The number of aliphatic hydroxyl groups is 1. The molecule has 0 aromatic heterocycles. The average molecular weight is 280 g/mol. The van der Waals surface area contributed by atoms with Gasteiger partial charge < -0.3 is 5.11 Å². The Morgan fingerprint density at radius 1 is 1.50 bits per heavy atom. The zero-order chi connectivity index (χ0) is 9.30. The first-order valence-electron chi connectivity index (χ1n) is 3.66. The van der Waals surface area contributed by atoms with Gasteiger partial charge in [0, 0.05) is 9.13 Å². The van der Waals surface area contributed by atoms with Crippen molar-refractivity contribution in [2.75, 3.05) is 0 Å². The first-order chi connectivity index (χ1) is 5.52. The molecule has 12 heavy (non-hydrogen) atoms. The van der Waals surface area contributed by atoms with Gasteiger partial charge in [0.15, 0.2) is 0 Å². The average Bonchev–Trinajstić information content (AvgIpc) is 1.96. The van der Waals surface area contributed by atoms with Crippen molar-refractivity contribution in [3.8, 4) is 0 Å². The van der Waals surface area contributed by atoms with E-state index in [0.29, 0.717) is 11.1 Å². The van der Waals surface area contributed by atoms with E-state index in [1.807, 2.05) is 0 Å². The van der Waals surface area contributed by atoms with E-state index in [1.165, 1.54) is 0 Å². The van der Waals surface area contributed by atoms with Crippen LogP contribution in [0.1, 0.15) is 24.2 Å². The third-order valence-corrected chi connectivity index (χ3v) is 2.32. The highest BCUT2D eigenvalue weighted by molar-refractivity contribution is 14.1. The molecule has 0 aliphatic rings. The second-order valence-corrected chi connectivity index (χ2v) is 4.05. The lowest BCUT2D eigenvalue weighted by atomic mass is 10.1. The van der Waals surface area contributed by atoms with Crippen LogP contribution < -0.4 is 0 Å². The Balaban J connectivity index is 3.28. The summed E-state index contributed by atoms with van der Waals surface area (Å²) in [7, 11) is 0. The van der Waals surface area contributed by atoms with Gasteiger partial charge in [0.25, 0.3) is 0 Å². The van der Waals surface area contributed by atoms with Crippen LogP contribution in [0.15, 0.2) is 12.1 Å². The van der Waals surface area contributed by atoms with Gasteiger partial charge >= 0.3 is 0 Å². The molecule has 0 aliphatic heterocycles. The fourth-order valence-corrected chi connectivity index (χ4v) is 1.86. The van der Waals surface area contributed by atoms with Crippen molar-refractivity contribution in [3.63, 3.8) is 0 Å². The first kappa shape index (κ1) is 9.92. The maximum absolute atomic E-state index is 13.3. The molecule has 1 N–H and O–H groups in total. The minimum Gasteiger partial charge on any atom is -0.389 e. The van der Waals surface area contributed by atoms with Gasteiger partial charge in [-0.2, -0.15) is 0 Å². The molecule has 0 spiro atoms. The highest BCUT2D eigenvalue weighted by atomic mass is 127. The predicted octanol–water partition coefficient (Wildman–Crippen LogP) is 2.79. The van der Waals surface area contributed by atoms with Gasteiger partial charge in [-0.25, -0.2) is 4.39 Å². The van der Waals surface area contributed by atoms with Crippen molar-refractivity contribution >= 4 is 22.6 Å². The fourth-order valence-electron chi connectivity index (χ4n) is 1.06. The van der Waals surface area contributed by atoms with Crippen LogP contribution in [0.4, 0.5) is 4.39 Å². The maximum atomic E-state index is 13.3. The van der Waals surface area contributed by atoms with Gasteiger partial charge in [-0.3, -0.25) is 0 Å². The summed E-state index contributed by atoms with van der Waals surface area (Å²) in [5, 5.41) is 9.21. The normalized spacial score (nSPS) is 13.1. The molecule has 0 fully saturated rings. The molecule has 1 aromatic rings. The Labute approximate surface area is 84.7 Å². The van der Waals surface area contributed by atoms with E-state index in [4.69, 9.17) is 0 Å². The number of rotatable bonds is 1. The lowest BCUT2D eigenvalue weighted by molar-refractivity contribution is 0.194. The van der Waals surface area contributed by atoms with Gasteiger partial charge in [-0.05, 0) is 54.1 Å². The SMILES string of the molecule is Cc1cc(I)cc(C(C)O)c1F. The zero-order valence-corrected chi connectivity index (χ0v) is 9.09. The third kappa shape index (κ3) is 1.95. The molecule has 0 bridgehead atoms. The molecule has 0 saturated heterocycles. The minimum atomic E-state index is -0.738. The van der Waals surface area contributed by atoms with E-state index < -0.39 is 6.10 Å². The van der Waals surface area contributed by atoms with Crippen LogP contribution in [0.3, 0.4) is 0 Å². The van der Waals surface area contributed by atoms with Gasteiger partial charge in [-0.1, -0.05) is 0 Å². The summed E-state index contributed by atoms with van der Waals surface area (Å²) < 4.78 is 14.2. The van der Waals surface area contributed by atoms with Gasteiger partial charge in [0.1, 0.15) is 5.82 Å². The highest BCUT2D eigenvalue weighted by Crippen LogP contribution is 2.22. The molecule has 0 aliphatic carbocycles. The molecular weight excluding hydrogens is 270 g/mol. The van der Waals surface area contributed by atoms with E-state index in [1.54, 1.807) is 26.0 Å². The monoisotopic (exact) mass is 280 g/mol. The van der Waals surface area contributed by atoms with Crippen LogP contribution in [0.2, 0.25) is 0 Å². The summed E-state index contributed by atoms with van der Waals surface area (Å²) in [5.74, 6) is -0.301. The van der Waals surface area contributed by atoms with Gasteiger partial charge in [0.05, 0.1) is 6.10 Å². The number of benzene rings is 1. The molecule has 1 nitrogen and oxygen atoms in total. The Morgan fingerprint density at radius 2 is 2.08 bits per heavy atom. The van der Waals surface area contributed by atoms with Crippen LogP contribution in [-0.2, 0) is 0 Å². The number of aliphatic hydroxyl groups excluding tert-OH is 1. The highest BCUT2D eigenvalue weighted by Gasteiger charge is 2.10. The Kier molecular flexibility index (Phi) is 3.06. The number of halogens is 2. The van der Waals surface area contributed by atoms with Crippen molar-refractivity contribution in [2.45, 2.75) is 20.0 Å². The van der Waals surface area contributed by atoms with Gasteiger partial charge in [0.2, 0.25) is 0 Å². The smallest absolute Gasteiger partial charge is 0.131 e. The van der Waals surface area contributed by atoms with Crippen LogP contribution in [0, 0.1) is 16.3 Å². The largest absolute Gasteiger partial charge is 0.389 e. The van der Waals surface area contributed by atoms with Gasteiger partial charge in [-0.15, -0.1) is 0 Å². The molecule has 1 aromatic carbocycles. The second-order valence-electron chi connectivity index (χ2n) is 2.80. The first-order valence-corrected chi connectivity index (χ1v) is 4.74. The zero-order valence-electron chi connectivity index (χ0n) is 6.94. The Hall–Kier alpha value is -0.160. The number of aryl methyl sites for hydroxylation is 1. The Bertz CT molecular complexity index is 297. The molecule has 3 heteroatoms. The molecule has 0 saturated carbocycles. The molecular formula is C9H10FIO. The summed E-state index contributed by atoms with van der Waals surface area (Å²) >= 11 is 2.10. The molecule has 0 radical (unpaired) electrons. The lowest BCUT2D eigenvalue weighted by Crippen LogP contribution is -1.98. The Morgan fingerprint density at radius 3 is 2.58 bits per heavy atom. The van der Waals surface area contributed by atoms with Crippen molar-refractivity contribution in [1.82, 2.24) is 0 Å². The van der Waals surface area contributed by atoms with E-state index >= 15 is 0 Å². The second kappa shape index (κ2) is 3.70. The molecule has 1 atom stereocenters. The lowest BCUT2D eigenvalue weighted by Gasteiger charge is -2.08. The van der Waals surface area contributed by atoms with Crippen LogP contribution >= 0.6 is 22.6 Å². The van der Waals surface area contributed by atoms with Crippen molar-refractivity contribution in [1.29, 1.82) is 0 Å². The van der Waals surface area contributed by atoms with E-state index in [-0.39, 0.29) is 5.82 Å². The maximum Gasteiger partial charge on any atom is 0.131 e. The molecule has 1 unspecified atom stereocenters. The standard InChI is InChI=1S/C9H10FIO/c1-5-3-7(11)4-8(6(2)12)9(5)10/h3-4,6,12H,1-2H3.